The average Bonchev–Trinajstić information content (AvgIpc) is 3.00. The molecule has 2 bridgehead atoms. The molecular formula is C30H32F5N9O2. The monoisotopic (exact) mass is 645 g/mol. The summed E-state index contributed by atoms with van der Waals surface area (Å²) >= 11 is 0. The first-order valence-electron chi connectivity index (χ1n) is 14.0. The Hall–Kier alpha value is -5.12. The van der Waals surface area contributed by atoms with Crippen LogP contribution in [0.4, 0.5) is 27.6 Å². The maximum absolute atomic E-state index is 13.6. The van der Waals surface area contributed by atoms with Gasteiger partial charge in [-0.25, -0.2) is 15.8 Å². The molecule has 46 heavy (non-hydrogen) atoms. The Morgan fingerprint density at radius 1 is 1.15 bits per heavy atom. The molecule has 1 aliphatic rings. The second kappa shape index (κ2) is 13.9. The van der Waals surface area contributed by atoms with Crippen LogP contribution in [0.5, 0.6) is 0 Å². The second-order valence-corrected chi connectivity index (χ2v) is 10.7. The predicted octanol–water partition coefficient (Wildman–Crippen LogP) is 3.99. The van der Waals surface area contributed by atoms with Crippen LogP contribution in [0, 0.1) is 12.8 Å². The number of aliphatic imine (C=N–C) groups is 1. The number of alkyl halides is 5. The number of rotatable bonds is 5. The average molecular weight is 646 g/mol. The van der Waals surface area contributed by atoms with Gasteiger partial charge in [0.2, 0.25) is 5.91 Å². The second-order valence-electron chi connectivity index (χ2n) is 10.7. The Kier molecular flexibility index (Phi) is 10.2. The quantitative estimate of drug-likeness (QED) is 0.140. The van der Waals surface area contributed by atoms with Crippen molar-refractivity contribution in [3.8, 4) is 11.3 Å². The van der Waals surface area contributed by atoms with Crippen LogP contribution in [0.25, 0.3) is 11.3 Å². The minimum atomic E-state index is -4.81. The minimum Gasteiger partial charge on any atom is -0.403 e. The molecule has 1 amide bonds. The van der Waals surface area contributed by atoms with E-state index in [1.807, 2.05) is 0 Å². The maximum Gasteiger partial charge on any atom is 0.432 e. The summed E-state index contributed by atoms with van der Waals surface area (Å²) in [6, 6.07) is 8.08. The molecule has 2 aromatic heterocycles. The molecule has 3 aromatic rings. The molecule has 0 saturated carbocycles. The summed E-state index contributed by atoms with van der Waals surface area (Å²) < 4.78 is 67.5. The molecule has 0 radical (unpaired) electrons. The number of hydrazine groups is 1. The van der Waals surface area contributed by atoms with Crippen molar-refractivity contribution in [3.05, 3.63) is 99.9 Å². The van der Waals surface area contributed by atoms with Crippen molar-refractivity contribution in [2.75, 3.05) is 5.01 Å². The normalized spacial score (nSPS) is 19.9. The van der Waals surface area contributed by atoms with Crippen LogP contribution < -0.4 is 33.2 Å². The Morgan fingerprint density at radius 2 is 1.89 bits per heavy atom. The first kappa shape index (κ1) is 33.8. The zero-order valence-corrected chi connectivity index (χ0v) is 24.8. The van der Waals surface area contributed by atoms with Crippen molar-refractivity contribution in [2.45, 2.75) is 51.9 Å². The summed E-state index contributed by atoms with van der Waals surface area (Å²) in [6.07, 6.45) is 0.509. The third-order valence-electron chi connectivity index (χ3n) is 7.35. The summed E-state index contributed by atoms with van der Waals surface area (Å²) in [6.45, 7) is 0.304. The van der Waals surface area contributed by atoms with Crippen LogP contribution in [-0.4, -0.2) is 38.9 Å². The van der Waals surface area contributed by atoms with E-state index in [9.17, 15) is 31.5 Å². The lowest BCUT2D eigenvalue weighted by molar-refractivity contribution is -0.123. The van der Waals surface area contributed by atoms with Gasteiger partial charge in [-0.3, -0.25) is 24.1 Å². The number of hydrogen-bond acceptors (Lipinski definition) is 9. The molecular weight excluding hydrogens is 613 g/mol. The van der Waals surface area contributed by atoms with Gasteiger partial charge >= 0.3 is 12.7 Å². The van der Waals surface area contributed by atoms with Crippen LogP contribution in [0.3, 0.4) is 0 Å². The first-order chi connectivity index (χ1) is 21.7. The lowest BCUT2D eigenvalue weighted by Gasteiger charge is -2.23. The molecule has 16 heteroatoms. The number of nitrogens with zero attached hydrogens (tertiary/aromatic N) is 5. The smallest absolute Gasteiger partial charge is 0.403 e. The third kappa shape index (κ3) is 7.74. The topological polar surface area (TPSA) is 171 Å². The summed E-state index contributed by atoms with van der Waals surface area (Å²) in [5.74, 6) is 4.95. The molecule has 2 unspecified atom stereocenters. The zero-order valence-electron chi connectivity index (χ0n) is 24.8. The number of carbonyl (C=O) groups excluding carboxylic acids is 1. The third-order valence-corrected chi connectivity index (χ3v) is 7.35. The first-order valence-corrected chi connectivity index (χ1v) is 14.0. The molecule has 1 aliphatic heterocycles. The number of pyridine rings is 1. The Morgan fingerprint density at radius 3 is 2.54 bits per heavy atom. The van der Waals surface area contributed by atoms with E-state index in [1.165, 1.54) is 41.4 Å². The van der Waals surface area contributed by atoms with Gasteiger partial charge in [-0.15, -0.1) is 0 Å². The highest BCUT2D eigenvalue weighted by Gasteiger charge is 2.32. The van der Waals surface area contributed by atoms with Gasteiger partial charge in [0.05, 0.1) is 40.9 Å². The molecule has 2 atom stereocenters. The molecule has 11 nitrogen and oxygen atoms in total. The predicted molar refractivity (Wildman–Crippen MR) is 162 cm³/mol. The number of allylic oxidation sites excluding steroid dienone is 2. The lowest BCUT2D eigenvalue weighted by atomic mass is 9.96. The number of nitrogens with one attached hydrogen (secondary N) is 1. The van der Waals surface area contributed by atoms with E-state index in [0.29, 0.717) is 36.2 Å². The van der Waals surface area contributed by atoms with Gasteiger partial charge in [0.1, 0.15) is 5.70 Å². The number of nitrogens with two attached hydrogens (primary N) is 3. The zero-order chi connectivity index (χ0) is 33.8. The van der Waals surface area contributed by atoms with Gasteiger partial charge in [-0.2, -0.15) is 22.0 Å². The Labute approximate surface area is 260 Å². The minimum absolute atomic E-state index is 0.102. The van der Waals surface area contributed by atoms with E-state index in [-0.39, 0.29) is 33.9 Å². The largest absolute Gasteiger partial charge is 0.432 e. The number of hydrogen-bond donors (Lipinski definition) is 4. The maximum atomic E-state index is 13.6. The molecule has 0 fully saturated rings. The molecule has 0 spiro atoms. The summed E-state index contributed by atoms with van der Waals surface area (Å²) in [4.78, 5) is 38.7. The van der Waals surface area contributed by atoms with Gasteiger partial charge in [0.25, 0.3) is 5.56 Å². The molecule has 0 aliphatic carbocycles. The van der Waals surface area contributed by atoms with Crippen molar-refractivity contribution in [2.24, 2.45) is 28.2 Å². The highest BCUT2D eigenvalue weighted by molar-refractivity contribution is 6.14. The number of carbonyl (C=O) groups is 1. The summed E-state index contributed by atoms with van der Waals surface area (Å²) in [5.41, 5.74) is 10.2. The van der Waals surface area contributed by atoms with Crippen LogP contribution in [-0.2, 0) is 4.79 Å². The van der Waals surface area contributed by atoms with E-state index in [2.05, 4.69) is 20.3 Å². The SMILES string of the molecule is Cc1ccc(N(N)/C=C(\N)C(F)(F)F)c(-c2cc(=O)n(C3CCCC(C)C(=O)NC(=CN)C(=NC(F)F)c4ccnc3c4)cn2)c1. The fourth-order valence-corrected chi connectivity index (χ4v) is 4.95. The Balaban J connectivity index is 1.82. The van der Waals surface area contributed by atoms with Crippen LogP contribution in [0.1, 0.15) is 49.0 Å². The van der Waals surface area contributed by atoms with E-state index in [4.69, 9.17) is 17.3 Å². The van der Waals surface area contributed by atoms with Crippen molar-refractivity contribution >= 4 is 17.3 Å². The highest BCUT2D eigenvalue weighted by Crippen LogP contribution is 2.31. The molecule has 1 aromatic carbocycles. The number of amides is 1. The lowest BCUT2D eigenvalue weighted by Crippen LogP contribution is -2.34. The van der Waals surface area contributed by atoms with E-state index >= 15 is 0 Å². The van der Waals surface area contributed by atoms with Gasteiger partial charge in [-0.05, 0) is 44.0 Å². The fourth-order valence-electron chi connectivity index (χ4n) is 4.95. The number of aryl methyl sites for hydroxylation is 1. The number of halogens is 5. The fraction of sp³-hybridized carbons (Fsp3) is 0.300. The van der Waals surface area contributed by atoms with Gasteiger partial charge in [0.15, 0.2) is 0 Å². The van der Waals surface area contributed by atoms with Crippen LogP contribution in [0.2, 0.25) is 0 Å². The summed E-state index contributed by atoms with van der Waals surface area (Å²) in [5, 5.41) is 3.28. The van der Waals surface area contributed by atoms with Crippen LogP contribution in [0.15, 0.2) is 82.5 Å². The molecule has 7 N–H and O–H groups in total. The van der Waals surface area contributed by atoms with Crippen LogP contribution >= 0.6 is 0 Å². The molecule has 4 rings (SSSR count). The summed E-state index contributed by atoms with van der Waals surface area (Å²) in [7, 11) is 0. The van der Waals surface area contributed by atoms with Crippen molar-refractivity contribution in [1.82, 2.24) is 19.9 Å². The number of aromatic nitrogens is 3. The number of fused-ring (bicyclic) bond motifs is 2. The van der Waals surface area contributed by atoms with E-state index in [0.717, 1.165) is 11.8 Å². The van der Waals surface area contributed by atoms with Gasteiger partial charge in [-0.1, -0.05) is 25.0 Å². The van der Waals surface area contributed by atoms with Crippen molar-refractivity contribution < 1.29 is 26.7 Å². The molecule has 3 heterocycles. The Bertz CT molecular complexity index is 1750. The van der Waals surface area contributed by atoms with E-state index < -0.39 is 41.8 Å². The van der Waals surface area contributed by atoms with Gasteiger partial charge < -0.3 is 16.8 Å². The highest BCUT2D eigenvalue weighted by atomic mass is 19.4. The van der Waals surface area contributed by atoms with E-state index in [1.54, 1.807) is 26.0 Å². The molecule has 244 valence electrons. The number of anilines is 1. The molecule has 0 saturated heterocycles. The standard InChI is InChI=1S/C30H32F5N9O2/c1-16-6-7-23(44(38)14-25(37)30(33,34)35)19(10-16)20-12-26(45)43(15-40-20)24-5-3-4-17(2)28(46)41-22(13-36)27(42-29(31)32)18-8-9-39-21(24)11-18/h6-15,17,24,29H,3-5,36-38H2,1-2H3,(H,41,46)/b22-13?,25-14-,42-27?. The number of benzene rings is 1. The van der Waals surface area contributed by atoms with Crippen molar-refractivity contribution in [3.63, 3.8) is 0 Å². The van der Waals surface area contributed by atoms with Crippen molar-refractivity contribution in [1.29, 1.82) is 0 Å². The van der Waals surface area contributed by atoms with Gasteiger partial charge in [0, 0.05) is 41.7 Å².